The molecule has 0 N–H and O–H groups in total. The third kappa shape index (κ3) is 3.95. The Morgan fingerprint density at radius 2 is 2.07 bits per heavy atom. The molecule has 1 aromatic rings. The fourth-order valence-corrected chi connectivity index (χ4v) is 6.31. The van der Waals surface area contributed by atoms with Gasteiger partial charge in [-0.3, -0.25) is 9.59 Å². The molecule has 2 aliphatic carbocycles. The molecule has 3 rings (SSSR count). The second-order valence-electron chi connectivity index (χ2n) is 9.85. The zero-order valence-electron chi connectivity index (χ0n) is 19.3. The molecule has 0 saturated heterocycles. The molecule has 0 aliphatic heterocycles. The van der Waals surface area contributed by atoms with E-state index in [1.807, 2.05) is 6.07 Å². The van der Waals surface area contributed by atoms with Gasteiger partial charge in [-0.25, -0.2) is 0 Å². The minimum atomic E-state index is -0.411. The van der Waals surface area contributed by atoms with E-state index in [0.29, 0.717) is 18.4 Å². The number of furan rings is 1. The Morgan fingerprint density at radius 1 is 1.33 bits per heavy atom. The first-order chi connectivity index (χ1) is 14.1. The second kappa shape index (κ2) is 8.60. The van der Waals surface area contributed by atoms with E-state index in [4.69, 9.17) is 9.15 Å². The Balaban J connectivity index is 1.79. The number of carbonyl (C=O) groups is 2. The van der Waals surface area contributed by atoms with Crippen LogP contribution in [0.4, 0.5) is 0 Å². The van der Waals surface area contributed by atoms with Gasteiger partial charge in [-0.1, -0.05) is 25.5 Å². The minimum Gasteiger partial charge on any atom is -0.469 e. The number of aryl methyl sites for hydroxylation is 1. The van der Waals surface area contributed by atoms with Crippen LogP contribution in [0.1, 0.15) is 70.6 Å². The van der Waals surface area contributed by atoms with Crippen LogP contribution < -0.4 is 0 Å². The molecule has 0 unspecified atom stereocenters. The summed E-state index contributed by atoms with van der Waals surface area (Å²) >= 11 is 0. The largest absolute Gasteiger partial charge is 0.469 e. The van der Waals surface area contributed by atoms with Crippen molar-refractivity contribution >= 4 is 11.9 Å². The third-order valence-corrected chi connectivity index (χ3v) is 8.13. The SMILES string of the molecule is C=C1CC[C@@H]2[C@](C)(CCC[C@]2(C)C(=O)OC)[C@H]1CCc1ccoc1CN(C)C(C)=O. The van der Waals surface area contributed by atoms with Crippen LogP contribution in [-0.4, -0.2) is 30.9 Å². The summed E-state index contributed by atoms with van der Waals surface area (Å²) in [6.07, 6.45) is 8.65. The summed E-state index contributed by atoms with van der Waals surface area (Å²) in [5, 5.41) is 0. The standard InChI is InChI=1S/C25H37NO4/c1-17-8-11-22-24(3,13-7-14-25(22,4)23(28)29-6)20(17)10-9-19-12-15-30-21(19)16-26(5)18(2)27/h12,15,20,22H,1,7-11,13-14,16H2,2-6H3/t20-,22+,24+,25-/m0/s1. The van der Waals surface area contributed by atoms with Crippen molar-refractivity contribution in [2.45, 2.75) is 72.3 Å². The van der Waals surface area contributed by atoms with E-state index in [9.17, 15) is 9.59 Å². The van der Waals surface area contributed by atoms with Crippen LogP contribution >= 0.6 is 0 Å². The summed E-state index contributed by atoms with van der Waals surface area (Å²) in [5.74, 6) is 1.51. The number of hydrogen-bond acceptors (Lipinski definition) is 4. The maximum Gasteiger partial charge on any atom is 0.311 e. The average Bonchev–Trinajstić information content (AvgIpc) is 3.13. The van der Waals surface area contributed by atoms with Gasteiger partial charge in [0.1, 0.15) is 5.76 Å². The normalized spacial score (nSPS) is 31.2. The quantitative estimate of drug-likeness (QED) is 0.477. The maximum atomic E-state index is 12.7. The molecule has 1 aromatic heterocycles. The number of methoxy groups -OCH3 is 1. The van der Waals surface area contributed by atoms with E-state index in [1.165, 1.54) is 12.7 Å². The van der Waals surface area contributed by atoms with Gasteiger partial charge in [-0.2, -0.15) is 0 Å². The molecular formula is C25H37NO4. The molecule has 2 fully saturated rings. The molecule has 0 bridgehead atoms. The highest BCUT2D eigenvalue weighted by molar-refractivity contribution is 5.77. The molecule has 5 heteroatoms. The predicted molar refractivity (Wildman–Crippen MR) is 117 cm³/mol. The Bertz CT molecular complexity index is 812. The zero-order valence-corrected chi connectivity index (χ0v) is 19.3. The van der Waals surface area contributed by atoms with Crippen LogP contribution in [0.25, 0.3) is 0 Å². The van der Waals surface area contributed by atoms with Crippen LogP contribution in [0.2, 0.25) is 0 Å². The van der Waals surface area contributed by atoms with Gasteiger partial charge in [0.25, 0.3) is 0 Å². The highest BCUT2D eigenvalue weighted by Gasteiger charge is 2.57. The smallest absolute Gasteiger partial charge is 0.311 e. The van der Waals surface area contributed by atoms with E-state index >= 15 is 0 Å². The summed E-state index contributed by atoms with van der Waals surface area (Å²) in [6, 6.07) is 2.02. The van der Waals surface area contributed by atoms with Crippen LogP contribution in [-0.2, 0) is 27.3 Å². The monoisotopic (exact) mass is 415 g/mol. The van der Waals surface area contributed by atoms with Crippen molar-refractivity contribution in [3.8, 4) is 0 Å². The van der Waals surface area contributed by atoms with Gasteiger partial charge in [0.2, 0.25) is 5.91 Å². The van der Waals surface area contributed by atoms with Crippen molar-refractivity contribution in [3.05, 3.63) is 35.8 Å². The topological polar surface area (TPSA) is 59.8 Å². The molecule has 166 valence electrons. The van der Waals surface area contributed by atoms with E-state index in [0.717, 1.165) is 56.3 Å². The summed E-state index contributed by atoms with van der Waals surface area (Å²) in [6.45, 7) is 11.0. The van der Waals surface area contributed by atoms with Crippen LogP contribution in [0.15, 0.2) is 28.9 Å². The molecule has 4 atom stereocenters. The molecule has 0 spiro atoms. The number of hydrogen-bond donors (Lipinski definition) is 0. The first kappa shape index (κ1) is 22.6. The van der Waals surface area contributed by atoms with Crippen molar-refractivity contribution in [3.63, 3.8) is 0 Å². The van der Waals surface area contributed by atoms with Crippen molar-refractivity contribution in [1.82, 2.24) is 4.90 Å². The maximum absolute atomic E-state index is 12.7. The lowest BCUT2D eigenvalue weighted by molar-refractivity contribution is -0.168. The molecule has 5 nitrogen and oxygen atoms in total. The number of carbonyl (C=O) groups excluding carboxylic acids is 2. The number of allylic oxidation sites excluding steroid dienone is 1. The third-order valence-electron chi connectivity index (χ3n) is 8.13. The Kier molecular flexibility index (Phi) is 6.49. The molecular weight excluding hydrogens is 378 g/mol. The van der Waals surface area contributed by atoms with Crippen molar-refractivity contribution in [1.29, 1.82) is 0 Å². The number of fused-ring (bicyclic) bond motifs is 1. The van der Waals surface area contributed by atoms with Crippen molar-refractivity contribution in [2.24, 2.45) is 22.7 Å². The van der Waals surface area contributed by atoms with Gasteiger partial charge in [0.05, 0.1) is 25.3 Å². The van der Waals surface area contributed by atoms with Gasteiger partial charge in [-0.05, 0) is 74.3 Å². The van der Waals surface area contributed by atoms with Gasteiger partial charge in [-0.15, -0.1) is 0 Å². The second-order valence-corrected chi connectivity index (χ2v) is 9.85. The number of rotatable bonds is 6. The Hall–Kier alpha value is -2.04. The molecule has 0 radical (unpaired) electrons. The number of ether oxygens (including phenoxy) is 1. The molecule has 2 aliphatic rings. The zero-order chi connectivity index (χ0) is 22.1. The lowest BCUT2D eigenvalue weighted by atomic mass is 9.46. The highest BCUT2D eigenvalue weighted by atomic mass is 16.5. The first-order valence-electron chi connectivity index (χ1n) is 11.2. The van der Waals surface area contributed by atoms with E-state index in [2.05, 4.69) is 20.4 Å². The average molecular weight is 416 g/mol. The molecule has 1 amide bonds. The van der Waals surface area contributed by atoms with Crippen molar-refractivity contribution in [2.75, 3.05) is 14.2 Å². The summed E-state index contributed by atoms with van der Waals surface area (Å²) in [4.78, 5) is 26.0. The van der Waals surface area contributed by atoms with Gasteiger partial charge >= 0.3 is 5.97 Å². The molecule has 2 saturated carbocycles. The molecule has 0 aromatic carbocycles. The fourth-order valence-electron chi connectivity index (χ4n) is 6.31. The molecule has 30 heavy (non-hydrogen) atoms. The number of amides is 1. The molecule has 1 heterocycles. The first-order valence-corrected chi connectivity index (χ1v) is 11.2. The van der Waals surface area contributed by atoms with E-state index in [1.54, 1.807) is 25.1 Å². The summed E-state index contributed by atoms with van der Waals surface area (Å²) < 4.78 is 10.9. The predicted octanol–water partition coefficient (Wildman–Crippen LogP) is 5.14. The lowest BCUT2D eigenvalue weighted by Crippen LogP contribution is -2.53. The van der Waals surface area contributed by atoms with Crippen molar-refractivity contribution < 1.29 is 18.7 Å². The van der Waals surface area contributed by atoms with E-state index < -0.39 is 5.41 Å². The number of nitrogens with zero attached hydrogens (tertiary/aromatic N) is 1. The Labute approximate surface area is 180 Å². The lowest BCUT2D eigenvalue weighted by Gasteiger charge is -2.57. The van der Waals surface area contributed by atoms with Gasteiger partial charge < -0.3 is 14.1 Å². The minimum absolute atomic E-state index is 0.0256. The number of esters is 1. The highest BCUT2D eigenvalue weighted by Crippen LogP contribution is 2.62. The van der Waals surface area contributed by atoms with Gasteiger partial charge in [0, 0.05) is 14.0 Å². The van der Waals surface area contributed by atoms with E-state index in [-0.39, 0.29) is 17.3 Å². The van der Waals surface area contributed by atoms with Gasteiger partial charge in [0.15, 0.2) is 0 Å². The Morgan fingerprint density at radius 3 is 2.73 bits per heavy atom. The van der Waals surface area contributed by atoms with Crippen LogP contribution in [0.5, 0.6) is 0 Å². The van der Waals surface area contributed by atoms with Crippen LogP contribution in [0, 0.1) is 22.7 Å². The van der Waals surface area contributed by atoms with Crippen LogP contribution in [0.3, 0.4) is 0 Å². The summed E-state index contributed by atoms with van der Waals surface area (Å²) in [5.41, 5.74) is 2.12. The summed E-state index contributed by atoms with van der Waals surface area (Å²) in [7, 11) is 3.30. The fraction of sp³-hybridized carbons (Fsp3) is 0.680.